The van der Waals surface area contributed by atoms with Gasteiger partial charge in [-0.25, -0.2) is 4.39 Å². The van der Waals surface area contributed by atoms with E-state index < -0.39 is 5.82 Å². The van der Waals surface area contributed by atoms with Crippen LogP contribution >= 0.6 is 11.6 Å². The highest BCUT2D eigenvalue weighted by Gasteiger charge is 2.09. The molecule has 0 radical (unpaired) electrons. The van der Waals surface area contributed by atoms with Gasteiger partial charge in [0.1, 0.15) is 11.6 Å². The highest BCUT2D eigenvalue weighted by atomic mass is 35.5. The van der Waals surface area contributed by atoms with Crippen LogP contribution in [0, 0.1) is 12.7 Å². The van der Waals surface area contributed by atoms with Gasteiger partial charge in [0.25, 0.3) is 0 Å². The molecule has 1 aromatic carbocycles. The molecule has 0 aliphatic heterocycles. The maximum absolute atomic E-state index is 13.6. The van der Waals surface area contributed by atoms with Crippen molar-refractivity contribution in [1.82, 2.24) is 4.98 Å². The lowest BCUT2D eigenvalue weighted by Gasteiger charge is -2.07. The minimum Gasteiger partial charge on any atom is -0.505 e. The Bertz CT molecular complexity index is 674. The van der Waals surface area contributed by atoms with Crippen LogP contribution in [-0.2, 0) is 6.61 Å². The molecular formula is C14H12ClFN2O2. The summed E-state index contributed by atoms with van der Waals surface area (Å²) in [6.07, 6.45) is 2.73. The van der Waals surface area contributed by atoms with Crippen molar-refractivity contribution >= 4 is 23.5 Å². The largest absolute Gasteiger partial charge is 0.505 e. The average molecular weight is 295 g/mol. The molecule has 1 aromatic heterocycles. The molecule has 0 unspecified atom stereocenters. The predicted molar refractivity (Wildman–Crippen MR) is 75.2 cm³/mol. The summed E-state index contributed by atoms with van der Waals surface area (Å²) in [5, 5.41) is 19.4. The first-order valence-corrected chi connectivity index (χ1v) is 6.18. The number of aliphatic hydroxyl groups is 1. The highest BCUT2D eigenvalue weighted by molar-refractivity contribution is 6.30. The van der Waals surface area contributed by atoms with Crippen LogP contribution in [0.25, 0.3) is 0 Å². The fourth-order valence-corrected chi connectivity index (χ4v) is 1.80. The van der Waals surface area contributed by atoms with Crippen LogP contribution in [-0.4, -0.2) is 21.4 Å². The van der Waals surface area contributed by atoms with Gasteiger partial charge in [0.2, 0.25) is 0 Å². The van der Waals surface area contributed by atoms with Crippen LogP contribution in [0.15, 0.2) is 29.4 Å². The van der Waals surface area contributed by atoms with E-state index in [1.165, 1.54) is 24.5 Å². The molecule has 1 heterocycles. The van der Waals surface area contributed by atoms with Crippen LogP contribution in [0.2, 0.25) is 5.02 Å². The Hall–Kier alpha value is -1.98. The van der Waals surface area contributed by atoms with Crippen LogP contribution in [0.4, 0.5) is 10.1 Å². The lowest BCUT2D eigenvalue weighted by atomic mass is 10.1. The van der Waals surface area contributed by atoms with Crippen LogP contribution in [0.3, 0.4) is 0 Å². The van der Waals surface area contributed by atoms with Crippen molar-refractivity contribution in [3.8, 4) is 5.75 Å². The van der Waals surface area contributed by atoms with Crippen molar-refractivity contribution in [1.29, 1.82) is 0 Å². The molecule has 2 aromatic rings. The predicted octanol–water partition coefficient (Wildman–Crippen LogP) is 3.13. The van der Waals surface area contributed by atoms with E-state index in [9.17, 15) is 14.6 Å². The zero-order chi connectivity index (χ0) is 14.7. The standard InChI is InChI=1S/C14H12ClFN2O2/c1-8-14(20)11(9(7-19)5-17-8)6-18-13-3-2-10(15)4-12(13)16/h2-6,19-20H,7H2,1H3. The Morgan fingerprint density at radius 2 is 2.20 bits per heavy atom. The second kappa shape index (κ2) is 5.98. The Balaban J connectivity index is 2.43. The van der Waals surface area contributed by atoms with E-state index in [0.717, 1.165) is 6.07 Å². The van der Waals surface area contributed by atoms with Crippen LogP contribution in [0.5, 0.6) is 5.75 Å². The summed E-state index contributed by atoms with van der Waals surface area (Å²) < 4.78 is 13.6. The second-order valence-corrected chi connectivity index (χ2v) is 4.58. The average Bonchev–Trinajstić information content (AvgIpc) is 2.42. The van der Waals surface area contributed by atoms with Crippen molar-refractivity contribution in [2.75, 3.05) is 0 Å². The third kappa shape index (κ3) is 2.95. The number of aryl methyl sites for hydroxylation is 1. The van der Waals surface area contributed by atoms with Gasteiger partial charge in [-0.2, -0.15) is 0 Å². The van der Waals surface area contributed by atoms with Gasteiger partial charge in [0, 0.05) is 28.6 Å². The molecule has 4 nitrogen and oxygen atoms in total. The quantitative estimate of drug-likeness (QED) is 0.855. The number of hydrogen-bond donors (Lipinski definition) is 2. The molecule has 0 aliphatic rings. The van der Waals surface area contributed by atoms with E-state index in [0.29, 0.717) is 16.8 Å². The zero-order valence-corrected chi connectivity index (χ0v) is 11.4. The summed E-state index contributed by atoms with van der Waals surface area (Å²) >= 11 is 5.65. The monoisotopic (exact) mass is 294 g/mol. The highest BCUT2D eigenvalue weighted by Crippen LogP contribution is 2.25. The van der Waals surface area contributed by atoms with Gasteiger partial charge in [-0.15, -0.1) is 0 Å². The van der Waals surface area contributed by atoms with Crippen molar-refractivity contribution in [3.05, 3.63) is 52.1 Å². The molecule has 6 heteroatoms. The van der Waals surface area contributed by atoms with Crippen molar-refractivity contribution < 1.29 is 14.6 Å². The van der Waals surface area contributed by atoms with Gasteiger partial charge in [-0.1, -0.05) is 11.6 Å². The molecule has 0 bridgehead atoms. The van der Waals surface area contributed by atoms with E-state index >= 15 is 0 Å². The molecule has 104 valence electrons. The molecule has 2 N–H and O–H groups in total. The Kier molecular flexibility index (Phi) is 4.32. The van der Waals surface area contributed by atoms with E-state index in [1.54, 1.807) is 6.92 Å². The molecule has 0 fully saturated rings. The summed E-state index contributed by atoms with van der Waals surface area (Å²) in [6.45, 7) is 1.32. The summed E-state index contributed by atoms with van der Waals surface area (Å²) in [4.78, 5) is 7.90. The third-order valence-corrected chi connectivity index (χ3v) is 3.01. The third-order valence-electron chi connectivity index (χ3n) is 2.77. The van der Waals surface area contributed by atoms with Gasteiger partial charge < -0.3 is 10.2 Å². The molecule has 0 aliphatic carbocycles. The van der Waals surface area contributed by atoms with E-state index in [1.807, 2.05) is 0 Å². The van der Waals surface area contributed by atoms with Gasteiger partial charge in [0.15, 0.2) is 0 Å². The Labute approximate surface area is 120 Å². The number of aromatic hydroxyl groups is 1. The lowest BCUT2D eigenvalue weighted by Crippen LogP contribution is -1.97. The summed E-state index contributed by atoms with van der Waals surface area (Å²) in [6, 6.07) is 4.10. The number of pyridine rings is 1. The molecule has 0 saturated carbocycles. The molecule has 20 heavy (non-hydrogen) atoms. The maximum atomic E-state index is 13.6. The number of nitrogens with zero attached hydrogens (tertiary/aromatic N) is 2. The lowest BCUT2D eigenvalue weighted by molar-refractivity contribution is 0.280. The molecular weight excluding hydrogens is 283 g/mol. The Morgan fingerprint density at radius 1 is 1.45 bits per heavy atom. The molecule has 0 atom stereocenters. The summed E-state index contributed by atoms with van der Waals surface area (Å²) in [7, 11) is 0. The van der Waals surface area contributed by atoms with E-state index in [4.69, 9.17) is 11.6 Å². The van der Waals surface area contributed by atoms with Gasteiger partial charge in [0.05, 0.1) is 18.0 Å². The SMILES string of the molecule is Cc1ncc(CO)c(C=Nc2ccc(Cl)cc2F)c1O. The van der Waals surface area contributed by atoms with Crippen LogP contribution in [0.1, 0.15) is 16.8 Å². The van der Waals surface area contributed by atoms with E-state index in [-0.39, 0.29) is 23.1 Å². The number of benzene rings is 1. The minimum absolute atomic E-state index is 0.0883. The van der Waals surface area contributed by atoms with E-state index in [2.05, 4.69) is 9.98 Å². The molecule has 0 saturated heterocycles. The molecule has 0 spiro atoms. The number of rotatable bonds is 3. The number of halogens is 2. The van der Waals surface area contributed by atoms with Crippen LogP contribution < -0.4 is 0 Å². The smallest absolute Gasteiger partial charge is 0.150 e. The normalized spacial score (nSPS) is 11.2. The number of aliphatic hydroxyl groups excluding tert-OH is 1. The van der Waals surface area contributed by atoms with Crippen molar-refractivity contribution in [2.45, 2.75) is 13.5 Å². The molecule has 0 amide bonds. The fraction of sp³-hybridized carbons (Fsp3) is 0.143. The van der Waals surface area contributed by atoms with Gasteiger partial charge >= 0.3 is 0 Å². The number of aromatic nitrogens is 1. The second-order valence-electron chi connectivity index (χ2n) is 4.14. The molecule has 2 rings (SSSR count). The van der Waals surface area contributed by atoms with Crippen molar-refractivity contribution in [2.24, 2.45) is 4.99 Å². The number of hydrogen-bond acceptors (Lipinski definition) is 4. The summed E-state index contributed by atoms with van der Waals surface area (Å²) in [5.74, 6) is -0.653. The first kappa shape index (κ1) is 14.4. The first-order chi connectivity index (χ1) is 9.52. The fourth-order valence-electron chi connectivity index (χ4n) is 1.64. The zero-order valence-electron chi connectivity index (χ0n) is 10.6. The Morgan fingerprint density at radius 3 is 2.85 bits per heavy atom. The van der Waals surface area contributed by atoms with Gasteiger partial charge in [-0.05, 0) is 25.1 Å². The van der Waals surface area contributed by atoms with Gasteiger partial charge in [-0.3, -0.25) is 9.98 Å². The number of aliphatic imine (C=N–C) groups is 1. The summed E-state index contributed by atoms with van der Waals surface area (Å²) in [5.41, 5.74) is 1.22. The maximum Gasteiger partial charge on any atom is 0.150 e. The first-order valence-electron chi connectivity index (χ1n) is 5.80. The minimum atomic E-state index is -0.565. The topological polar surface area (TPSA) is 65.7 Å². The van der Waals surface area contributed by atoms with Crippen molar-refractivity contribution in [3.63, 3.8) is 0 Å².